The first-order chi connectivity index (χ1) is 13.7. The molecule has 6 heteroatoms. The summed E-state index contributed by atoms with van der Waals surface area (Å²) in [7, 11) is 0. The van der Waals surface area contributed by atoms with E-state index in [0.717, 1.165) is 23.7 Å². The van der Waals surface area contributed by atoms with Crippen LogP contribution in [-0.2, 0) is 19.2 Å². The number of nitrogens with one attached hydrogen (secondary N) is 2. The number of para-hydroxylation sites is 2. The number of quaternary nitrogens is 1. The molecule has 0 radical (unpaired) electrons. The monoisotopic (exact) mass is 394 g/mol. The first kappa shape index (κ1) is 19.1. The summed E-state index contributed by atoms with van der Waals surface area (Å²) in [5, 5.41) is -0.453. The zero-order chi connectivity index (χ0) is 19.3. The van der Waals surface area contributed by atoms with Gasteiger partial charge in [-0.05, 0) is 17.7 Å². The topological polar surface area (TPSA) is 53.4 Å². The Balaban J connectivity index is 0.000000143. The second-order valence-corrected chi connectivity index (χ2v) is 7.89. The molecule has 2 atom stereocenters. The van der Waals surface area contributed by atoms with E-state index in [2.05, 4.69) is 57.8 Å². The lowest BCUT2D eigenvalue weighted by atomic mass is 10.1. The van der Waals surface area contributed by atoms with Gasteiger partial charge in [-0.3, -0.25) is 0 Å². The Morgan fingerprint density at radius 1 is 1.11 bits per heavy atom. The number of carbonyl (C=O) groups is 1. The van der Waals surface area contributed by atoms with Crippen LogP contribution < -0.4 is 4.90 Å². The lowest BCUT2D eigenvalue weighted by Crippen LogP contribution is -3.16. The zero-order valence-corrected chi connectivity index (χ0v) is 16.8. The molecule has 2 aliphatic heterocycles. The molecular formula is C22H26N4OS. The molecule has 28 heavy (non-hydrogen) atoms. The summed E-state index contributed by atoms with van der Waals surface area (Å²) in [4.78, 5) is 22.1. The predicted octanol–water partition coefficient (Wildman–Crippen LogP) is 2.15. The maximum Gasteiger partial charge on any atom is 0.151 e. The van der Waals surface area contributed by atoms with Crippen LogP contribution in [0, 0.1) is 0 Å². The number of hydrogen-bond donors (Lipinski definition) is 2. The number of aromatic nitrogens is 2. The van der Waals surface area contributed by atoms with E-state index in [-0.39, 0.29) is 5.82 Å². The van der Waals surface area contributed by atoms with Crippen molar-refractivity contribution in [1.82, 2.24) is 14.9 Å². The fraction of sp³-hybridized carbons (Fsp3) is 0.364. The fourth-order valence-electron chi connectivity index (χ4n) is 4.35. The average molecular weight is 395 g/mol. The van der Waals surface area contributed by atoms with Crippen LogP contribution >= 0.6 is 0 Å². The van der Waals surface area contributed by atoms with Gasteiger partial charge in [0.2, 0.25) is 0 Å². The van der Waals surface area contributed by atoms with E-state index in [9.17, 15) is 4.79 Å². The molecule has 5 rings (SSSR count). The zero-order valence-electron chi connectivity index (χ0n) is 15.9. The highest BCUT2D eigenvalue weighted by molar-refractivity contribution is 7.77. The first-order valence-corrected chi connectivity index (χ1v) is 10.4. The van der Waals surface area contributed by atoms with Crippen molar-refractivity contribution in [2.45, 2.75) is 32.0 Å². The van der Waals surface area contributed by atoms with Crippen molar-refractivity contribution in [3.63, 3.8) is 0 Å². The van der Waals surface area contributed by atoms with Gasteiger partial charge in [0.1, 0.15) is 6.17 Å². The molecule has 146 valence electrons. The van der Waals surface area contributed by atoms with Crippen molar-refractivity contribution in [2.24, 2.45) is 0 Å². The first-order valence-electron chi connectivity index (χ1n) is 9.99. The number of hydrogen-bond acceptors (Lipinski definition) is 4. The van der Waals surface area contributed by atoms with Crippen LogP contribution in [0.15, 0.2) is 54.6 Å². The second kappa shape index (κ2) is 8.82. The number of H-pyrrole nitrogens is 1. The maximum absolute atomic E-state index is 10.7. The summed E-state index contributed by atoms with van der Waals surface area (Å²) in [6.45, 7) is 5.24. The third-order valence-corrected chi connectivity index (χ3v) is 5.84. The van der Waals surface area contributed by atoms with Crippen LogP contribution in [0.25, 0.3) is 11.0 Å². The van der Waals surface area contributed by atoms with E-state index in [1.165, 1.54) is 44.5 Å². The smallest absolute Gasteiger partial charge is 0.151 e. The molecule has 3 aromatic rings. The van der Waals surface area contributed by atoms with E-state index in [1.807, 2.05) is 29.2 Å². The molecule has 0 spiro atoms. The van der Waals surface area contributed by atoms with Gasteiger partial charge >= 0.3 is 0 Å². The Labute approximate surface area is 171 Å². The molecule has 1 aromatic heterocycles. The molecule has 2 saturated heterocycles. The minimum Gasteiger partial charge on any atom is -0.734 e. The Bertz CT molecular complexity index is 893. The molecule has 2 fully saturated rings. The van der Waals surface area contributed by atoms with Gasteiger partial charge in [0.05, 0.1) is 29.2 Å². The van der Waals surface area contributed by atoms with E-state index in [0.29, 0.717) is 0 Å². The number of carbonyl (C=O) groups excluding carboxylic acids is 1. The fourth-order valence-corrected chi connectivity index (χ4v) is 4.44. The minimum atomic E-state index is -0.453. The Kier molecular flexibility index (Phi) is 6.00. The highest BCUT2D eigenvalue weighted by Crippen LogP contribution is 2.14. The van der Waals surface area contributed by atoms with Gasteiger partial charge in [-0.15, -0.1) is 0 Å². The summed E-state index contributed by atoms with van der Waals surface area (Å²) in [6, 6.07) is 18.3. The number of rotatable bonds is 3. The minimum absolute atomic E-state index is 0.242. The average Bonchev–Trinajstić information content (AvgIpc) is 3.37. The molecular weight excluding hydrogens is 368 g/mol. The van der Waals surface area contributed by atoms with E-state index < -0.39 is 5.12 Å². The third kappa shape index (κ3) is 4.41. The Morgan fingerprint density at radius 2 is 1.86 bits per heavy atom. The summed E-state index contributed by atoms with van der Waals surface area (Å²) < 4.78 is 0. The molecule has 0 amide bonds. The molecule has 2 aromatic carbocycles. The van der Waals surface area contributed by atoms with E-state index in [4.69, 9.17) is 0 Å². The predicted molar refractivity (Wildman–Crippen MR) is 113 cm³/mol. The van der Waals surface area contributed by atoms with E-state index in [1.54, 1.807) is 0 Å². The van der Waals surface area contributed by atoms with Gasteiger partial charge in [-0.25, -0.2) is 9.88 Å². The molecule has 2 aliphatic rings. The lowest BCUT2D eigenvalue weighted by molar-refractivity contribution is -0.930. The summed E-state index contributed by atoms with van der Waals surface area (Å²) >= 11 is 4.45. The molecule has 0 saturated carbocycles. The molecule has 2 N–H and O–H groups in total. The Hall–Kier alpha value is -2.28. The molecule has 3 heterocycles. The van der Waals surface area contributed by atoms with Gasteiger partial charge < -0.3 is 27.3 Å². The van der Waals surface area contributed by atoms with Crippen LogP contribution in [0.3, 0.4) is 0 Å². The van der Waals surface area contributed by atoms with E-state index >= 15 is 0 Å². The van der Waals surface area contributed by atoms with Crippen molar-refractivity contribution in [1.29, 1.82) is 0 Å². The van der Waals surface area contributed by atoms with Gasteiger partial charge in [-0.1, -0.05) is 42.5 Å². The molecule has 0 aliphatic carbocycles. The highest BCUT2D eigenvalue weighted by atomic mass is 32.1. The summed E-state index contributed by atoms with van der Waals surface area (Å²) in [5.41, 5.74) is 3.08. The van der Waals surface area contributed by atoms with Crippen LogP contribution in [-0.4, -0.2) is 45.8 Å². The third-order valence-electron chi connectivity index (χ3n) is 5.64. The SMILES string of the molecule is O=C([S-])c1nc2ccccc2[nH]1.c1ccc(CN2CCC[NH+]3CCCC23)cc1. The maximum atomic E-state index is 10.7. The quantitative estimate of drug-likeness (QED) is 0.669. The van der Waals surface area contributed by atoms with Crippen molar-refractivity contribution >= 4 is 28.8 Å². The standard InChI is InChI=1S/C14H20N2.C8H6N2OS/c1-2-6-13(7-3-1)12-16-11-5-10-15-9-4-8-14(15)16;11-8(12)7-9-5-3-1-2-4-6(5)10-7/h1-3,6-7,14H,4-5,8-12H2;1-4H,(H,9,10)(H,11,12). The van der Waals surface area contributed by atoms with Crippen LogP contribution in [0.4, 0.5) is 0 Å². The number of fused-ring (bicyclic) bond motifs is 2. The van der Waals surface area contributed by atoms with Gasteiger partial charge in [0.25, 0.3) is 0 Å². The lowest BCUT2D eigenvalue weighted by Gasteiger charge is -2.36. The van der Waals surface area contributed by atoms with Crippen LogP contribution in [0.1, 0.15) is 35.4 Å². The summed E-state index contributed by atoms with van der Waals surface area (Å²) in [5.74, 6) is 0.242. The van der Waals surface area contributed by atoms with Crippen LogP contribution in [0.2, 0.25) is 0 Å². The van der Waals surface area contributed by atoms with Gasteiger partial charge in [0, 0.05) is 32.4 Å². The van der Waals surface area contributed by atoms with Crippen molar-refractivity contribution < 1.29 is 9.69 Å². The molecule has 0 bridgehead atoms. The van der Waals surface area contributed by atoms with Crippen molar-refractivity contribution in [3.05, 3.63) is 66.0 Å². The Morgan fingerprint density at radius 3 is 2.64 bits per heavy atom. The number of aromatic amines is 1. The van der Waals surface area contributed by atoms with Gasteiger partial charge in [-0.2, -0.15) is 0 Å². The largest absolute Gasteiger partial charge is 0.734 e. The highest BCUT2D eigenvalue weighted by Gasteiger charge is 2.36. The summed E-state index contributed by atoms with van der Waals surface area (Å²) in [6.07, 6.45) is 5.01. The number of imidazole rings is 1. The van der Waals surface area contributed by atoms with Crippen LogP contribution in [0.5, 0.6) is 0 Å². The normalized spacial score (nSPS) is 21.7. The van der Waals surface area contributed by atoms with Crippen molar-refractivity contribution in [2.75, 3.05) is 19.6 Å². The molecule has 2 unspecified atom stereocenters. The second-order valence-electron chi connectivity index (χ2n) is 7.52. The number of nitrogens with zero attached hydrogens (tertiary/aromatic N) is 2. The van der Waals surface area contributed by atoms with Crippen molar-refractivity contribution in [3.8, 4) is 0 Å². The van der Waals surface area contributed by atoms with Gasteiger partial charge in [0.15, 0.2) is 5.82 Å². The number of benzene rings is 2. The molecule has 5 nitrogen and oxygen atoms in total.